The Labute approximate surface area is 143 Å². The number of hydrogen-bond donors (Lipinski definition) is 1. The summed E-state index contributed by atoms with van der Waals surface area (Å²) in [6, 6.07) is 0. The number of aromatic nitrogens is 3. The normalized spacial score (nSPS) is 17.9. The van der Waals surface area contributed by atoms with Crippen LogP contribution in [-0.4, -0.2) is 49.7 Å². The van der Waals surface area contributed by atoms with Crippen LogP contribution < -0.4 is 0 Å². The van der Waals surface area contributed by atoms with E-state index in [2.05, 4.69) is 10.1 Å². The minimum Gasteiger partial charge on any atom is -0.481 e. The third-order valence-electron chi connectivity index (χ3n) is 4.24. The summed E-state index contributed by atoms with van der Waals surface area (Å²) < 4.78 is 1.70. The van der Waals surface area contributed by atoms with Crippen LogP contribution in [0.1, 0.15) is 35.4 Å². The zero-order valence-electron chi connectivity index (χ0n) is 13.5. The lowest BCUT2D eigenvalue weighted by molar-refractivity contribution is -0.137. The maximum Gasteiger partial charge on any atom is 0.303 e. The lowest BCUT2D eigenvalue weighted by Crippen LogP contribution is -2.39. The number of carbonyl (C=O) groups is 2. The molecule has 0 spiro atoms. The molecule has 0 unspecified atom stereocenters. The van der Waals surface area contributed by atoms with Gasteiger partial charge >= 0.3 is 5.97 Å². The van der Waals surface area contributed by atoms with Crippen molar-refractivity contribution in [1.29, 1.82) is 0 Å². The number of rotatable bonds is 5. The predicted molar refractivity (Wildman–Crippen MR) is 89.8 cm³/mol. The van der Waals surface area contributed by atoms with Gasteiger partial charge in [-0.1, -0.05) is 0 Å². The highest BCUT2D eigenvalue weighted by Crippen LogP contribution is 2.27. The number of aliphatic carboxylic acids is 1. The summed E-state index contributed by atoms with van der Waals surface area (Å²) in [5, 5.41) is 13.7. The van der Waals surface area contributed by atoms with Crippen molar-refractivity contribution in [3.05, 3.63) is 23.5 Å². The van der Waals surface area contributed by atoms with Gasteiger partial charge in [-0.3, -0.25) is 14.3 Å². The Morgan fingerprint density at radius 1 is 1.42 bits per heavy atom. The molecular formula is C16H20N4O3S. The fraction of sp³-hybridized carbons (Fsp3) is 0.500. The average Bonchev–Trinajstić information content (AvgIpc) is 3.21. The molecule has 0 radical (unpaired) electrons. The quantitative estimate of drug-likeness (QED) is 0.895. The van der Waals surface area contributed by atoms with E-state index in [1.165, 1.54) is 11.3 Å². The highest BCUT2D eigenvalue weighted by Gasteiger charge is 2.26. The van der Waals surface area contributed by atoms with Crippen molar-refractivity contribution in [3.8, 4) is 10.6 Å². The zero-order chi connectivity index (χ0) is 17.1. The summed E-state index contributed by atoms with van der Waals surface area (Å²) in [5.41, 5.74) is 0.902. The lowest BCUT2D eigenvalue weighted by Gasteiger charge is -2.32. The molecule has 7 nitrogen and oxygen atoms in total. The third-order valence-corrected chi connectivity index (χ3v) is 5.28. The highest BCUT2D eigenvalue weighted by molar-refractivity contribution is 7.16. The Morgan fingerprint density at radius 3 is 2.96 bits per heavy atom. The number of nitrogens with zero attached hydrogens (tertiary/aromatic N) is 4. The van der Waals surface area contributed by atoms with Gasteiger partial charge < -0.3 is 10.0 Å². The van der Waals surface area contributed by atoms with Crippen LogP contribution in [-0.2, 0) is 11.8 Å². The van der Waals surface area contributed by atoms with Crippen LogP contribution >= 0.6 is 11.3 Å². The molecular weight excluding hydrogens is 328 g/mol. The molecule has 1 aliphatic heterocycles. The summed E-state index contributed by atoms with van der Waals surface area (Å²) >= 11 is 1.37. The summed E-state index contributed by atoms with van der Waals surface area (Å²) in [5.74, 6) is -0.519. The van der Waals surface area contributed by atoms with Gasteiger partial charge in [-0.2, -0.15) is 5.10 Å². The van der Waals surface area contributed by atoms with Crippen LogP contribution in [0, 0.1) is 5.92 Å². The van der Waals surface area contributed by atoms with E-state index in [9.17, 15) is 9.59 Å². The van der Waals surface area contributed by atoms with Crippen molar-refractivity contribution in [2.24, 2.45) is 13.0 Å². The van der Waals surface area contributed by atoms with Crippen LogP contribution in [0.3, 0.4) is 0 Å². The van der Waals surface area contributed by atoms with Gasteiger partial charge in [0.05, 0.1) is 12.4 Å². The third kappa shape index (κ3) is 3.81. The zero-order valence-corrected chi connectivity index (χ0v) is 14.3. The number of piperidine rings is 1. The van der Waals surface area contributed by atoms with Gasteiger partial charge in [-0.15, -0.1) is 11.3 Å². The summed E-state index contributed by atoms with van der Waals surface area (Å²) in [7, 11) is 1.84. The van der Waals surface area contributed by atoms with E-state index in [0.717, 1.165) is 30.0 Å². The highest BCUT2D eigenvalue weighted by atomic mass is 32.1. The molecule has 24 heavy (non-hydrogen) atoms. The molecule has 3 rings (SSSR count). The molecule has 8 heteroatoms. The van der Waals surface area contributed by atoms with Crippen molar-refractivity contribution in [3.63, 3.8) is 0 Å². The second-order valence-corrected chi connectivity index (χ2v) is 7.15. The minimum atomic E-state index is -0.776. The molecule has 0 saturated carbocycles. The number of amides is 1. The summed E-state index contributed by atoms with van der Waals surface area (Å²) in [6.07, 6.45) is 7.92. The van der Waals surface area contributed by atoms with E-state index >= 15 is 0 Å². The first-order valence-corrected chi connectivity index (χ1v) is 8.80. The van der Waals surface area contributed by atoms with Gasteiger partial charge in [-0.05, 0) is 25.2 Å². The lowest BCUT2D eigenvalue weighted by atomic mass is 9.93. The number of carboxylic acids is 1. The molecule has 1 saturated heterocycles. The maximum atomic E-state index is 12.7. The van der Waals surface area contributed by atoms with E-state index in [1.54, 1.807) is 17.1 Å². The smallest absolute Gasteiger partial charge is 0.303 e. The number of carboxylic acid groups (broad SMARTS) is 1. The molecule has 1 atom stereocenters. The number of likely N-dealkylation sites (tertiary alicyclic amines) is 1. The first-order chi connectivity index (χ1) is 11.5. The van der Waals surface area contributed by atoms with Crippen molar-refractivity contribution in [2.75, 3.05) is 13.1 Å². The monoisotopic (exact) mass is 348 g/mol. The second-order valence-electron chi connectivity index (χ2n) is 6.12. The molecule has 0 aliphatic carbocycles. The van der Waals surface area contributed by atoms with Crippen molar-refractivity contribution in [2.45, 2.75) is 25.7 Å². The Balaban J connectivity index is 1.65. The van der Waals surface area contributed by atoms with E-state index in [4.69, 9.17) is 5.11 Å². The Kier molecular flexibility index (Phi) is 4.94. The first kappa shape index (κ1) is 16.6. The minimum absolute atomic E-state index is 0.0114. The summed E-state index contributed by atoms with van der Waals surface area (Å²) in [6.45, 7) is 1.36. The van der Waals surface area contributed by atoms with Crippen molar-refractivity contribution >= 4 is 23.2 Å². The number of aryl methyl sites for hydroxylation is 1. The molecule has 1 fully saturated rings. The predicted octanol–water partition coefficient (Wildman–Crippen LogP) is 2.26. The van der Waals surface area contributed by atoms with E-state index in [0.29, 0.717) is 17.8 Å². The van der Waals surface area contributed by atoms with E-state index in [1.807, 2.05) is 18.1 Å². The van der Waals surface area contributed by atoms with Gasteiger partial charge in [0.1, 0.15) is 9.88 Å². The van der Waals surface area contributed by atoms with Crippen LogP contribution in [0.4, 0.5) is 0 Å². The average molecular weight is 348 g/mol. The van der Waals surface area contributed by atoms with Gasteiger partial charge in [0.2, 0.25) is 0 Å². The first-order valence-electron chi connectivity index (χ1n) is 7.99. The molecule has 1 aliphatic rings. The Bertz CT molecular complexity index is 739. The van der Waals surface area contributed by atoms with Crippen LogP contribution in [0.15, 0.2) is 18.6 Å². The molecule has 0 aromatic carbocycles. The molecule has 2 aromatic heterocycles. The van der Waals surface area contributed by atoms with Gasteiger partial charge in [0.15, 0.2) is 0 Å². The second kappa shape index (κ2) is 7.12. The van der Waals surface area contributed by atoms with E-state index in [-0.39, 0.29) is 18.2 Å². The van der Waals surface area contributed by atoms with Crippen LogP contribution in [0.5, 0.6) is 0 Å². The number of hydrogen-bond acceptors (Lipinski definition) is 5. The fourth-order valence-corrected chi connectivity index (χ4v) is 3.87. The van der Waals surface area contributed by atoms with Crippen LogP contribution in [0.2, 0.25) is 0 Å². The number of thiazole rings is 1. The van der Waals surface area contributed by atoms with Gasteiger partial charge in [-0.25, -0.2) is 4.98 Å². The molecule has 128 valence electrons. The maximum absolute atomic E-state index is 12.7. The molecule has 2 aromatic rings. The number of carbonyl (C=O) groups excluding carboxylic acids is 1. The Hall–Kier alpha value is -2.22. The molecule has 1 N–H and O–H groups in total. The molecule has 1 amide bonds. The Morgan fingerprint density at radius 2 is 2.25 bits per heavy atom. The van der Waals surface area contributed by atoms with Crippen molar-refractivity contribution in [1.82, 2.24) is 19.7 Å². The molecule has 0 bridgehead atoms. The van der Waals surface area contributed by atoms with Crippen LogP contribution in [0.25, 0.3) is 10.6 Å². The molecule has 3 heterocycles. The largest absolute Gasteiger partial charge is 0.481 e. The standard InChI is InChI=1S/C16H20N4O3S/c1-19-10-12(7-18-19)15-17-8-13(24-15)16(23)20-6-2-3-11(9-20)4-5-14(21)22/h7-8,10-11H,2-6,9H2,1H3,(H,21,22)/t11-/m1/s1. The van der Waals surface area contributed by atoms with Gasteiger partial charge in [0, 0.05) is 38.3 Å². The fourth-order valence-electron chi connectivity index (χ4n) is 3.01. The topological polar surface area (TPSA) is 88.3 Å². The summed E-state index contributed by atoms with van der Waals surface area (Å²) in [4.78, 5) is 30.2. The van der Waals surface area contributed by atoms with Gasteiger partial charge in [0.25, 0.3) is 5.91 Å². The SMILES string of the molecule is Cn1cc(-c2ncc(C(=O)N3CCC[C@H](CCC(=O)O)C3)s2)cn1. The van der Waals surface area contributed by atoms with E-state index < -0.39 is 5.97 Å². The van der Waals surface area contributed by atoms with Crippen molar-refractivity contribution < 1.29 is 14.7 Å².